The molecule has 0 saturated carbocycles. The fourth-order valence-corrected chi connectivity index (χ4v) is 3.50. The number of thioether (sulfide) groups is 1. The summed E-state index contributed by atoms with van der Waals surface area (Å²) in [4.78, 5) is 29.1. The molecule has 120 valence electrons. The maximum Gasteiger partial charge on any atom is 0.271 e. The molecule has 1 fully saturated rings. The highest BCUT2D eigenvalue weighted by molar-refractivity contribution is 8.27. The zero-order chi connectivity index (χ0) is 17.3. The molecule has 3 rings (SSSR count). The highest BCUT2D eigenvalue weighted by Gasteiger charge is 2.34. The van der Waals surface area contributed by atoms with Crippen molar-refractivity contribution in [3.63, 3.8) is 0 Å². The molecule has 1 aromatic carbocycles. The lowest BCUT2D eigenvalue weighted by atomic mass is 10.2. The summed E-state index contributed by atoms with van der Waals surface area (Å²) in [6.45, 7) is 1.87. The van der Waals surface area contributed by atoms with Crippen molar-refractivity contribution in [1.29, 1.82) is 0 Å². The Balaban J connectivity index is 1.95. The number of aromatic nitrogens is 1. The predicted molar refractivity (Wildman–Crippen MR) is 97.7 cm³/mol. The van der Waals surface area contributed by atoms with Crippen LogP contribution < -0.4 is 4.90 Å². The van der Waals surface area contributed by atoms with Gasteiger partial charge in [0.05, 0.1) is 21.2 Å². The first-order valence-electron chi connectivity index (χ1n) is 6.92. The van der Waals surface area contributed by atoms with Gasteiger partial charge in [0.2, 0.25) is 0 Å². The van der Waals surface area contributed by atoms with Gasteiger partial charge in [-0.2, -0.15) is 0 Å². The number of non-ortho nitro benzene ring substituents is 1. The van der Waals surface area contributed by atoms with Gasteiger partial charge in [0.15, 0.2) is 4.32 Å². The molecule has 1 aliphatic rings. The third-order valence-electron chi connectivity index (χ3n) is 3.28. The van der Waals surface area contributed by atoms with Crippen LogP contribution in [-0.2, 0) is 4.79 Å². The first kappa shape index (κ1) is 16.3. The molecule has 0 atom stereocenters. The van der Waals surface area contributed by atoms with E-state index in [0.29, 0.717) is 20.6 Å². The number of carbonyl (C=O) groups excluding carboxylic acids is 1. The second-order valence-corrected chi connectivity index (χ2v) is 6.67. The molecule has 0 N–H and O–H groups in total. The molecular formula is C16H11N3O3S2. The Morgan fingerprint density at radius 2 is 2.04 bits per heavy atom. The molecular weight excluding hydrogens is 346 g/mol. The normalized spacial score (nSPS) is 16.0. The van der Waals surface area contributed by atoms with Gasteiger partial charge in [-0.1, -0.05) is 36.1 Å². The van der Waals surface area contributed by atoms with Crippen LogP contribution in [0.15, 0.2) is 47.4 Å². The molecule has 0 radical (unpaired) electrons. The number of amides is 1. The maximum atomic E-state index is 12.6. The van der Waals surface area contributed by atoms with Gasteiger partial charge in [-0.25, -0.2) is 0 Å². The van der Waals surface area contributed by atoms with E-state index in [4.69, 9.17) is 12.2 Å². The number of nitrogens with zero attached hydrogens (tertiary/aromatic N) is 3. The van der Waals surface area contributed by atoms with Crippen molar-refractivity contribution < 1.29 is 9.72 Å². The number of rotatable bonds is 3. The number of hydrogen-bond donors (Lipinski definition) is 0. The lowest BCUT2D eigenvalue weighted by molar-refractivity contribution is -0.384. The third kappa shape index (κ3) is 3.19. The molecule has 24 heavy (non-hydrogen) atoms. The average molecular weight is 357 g/mol. The Kier molecular flexibility index (Phi) is 4.41. The zero-order valence-corrected chi connectivity index (χ0v) is 14.1. The Bertz CT molecular complexity index is 896. The van der Waals surface area contributed by atoms with Crippen LogP contribution in [0, 0.1) is 17.0 Å². The fourth-order valence-electron chi connectivity index (χ4n) is 2.21. The largest absolute Gasteiger partial charge is 0.271 e. The molecule has 1 saturated heterocycles. The number of nitro benzene ring substituents is 1. The molecule has 2 heterocycles. The lowest BCUT2D eigenvalue weighted by Gasteiger charge is -2.13. The Labute approximate surface area is 147 Å². The highest BCUT2D eigenvalue weighted by Crippen LogP contribution is 2.36. The van der Waals surface area contributed by atoms with Crippen LogP contribution in [0.3, 0.4) is 0 Å². The highest BCUT2D eigenvalue weighted by atomic mass is 32.2. The molecule has 0 aliphatic carbocycles. The summed E-state index contributed by atoms with van der Waals surface area (Å²) in [5.41, 5.74) is 1.80. The molecule has 1 aromatic heterocycles. The van der Waals surface area contributed by atoms with Gasteiger partial charge in [0.25, 0.3) is 11.6 Å². The first-order chi connectivity index (χ1) is 11.5. The Morgan fingerprint density at radius 3 is 2.75 bits per heavy atom. The van der Waals surface area contributed by atoms with E-state index >= 15 is 0 Å². The second-order valence-electron chi connectivity index (χ2n) is 5.00. The molecule has 0 unspecified atom stereocenters. The van der Waals surface area contributed by atoms with Crippen LogP contribution in [0.1, 0.15) is 11.4 Å². The van der Waals surface area contributed by atoms with E-state index in [2.05, 4.69) is 4.98 Å². The average Bonchev–Trinajstić information content (AvgIpc) is 2.81. The van der Waals surface area contributed by atoms with Crippen LogP contribution in [0.25, 0.3) is 6.08 Å². The van der Waals surface area contributed by atoms with Gasteiger partial charge < -0.3 is 0 Å². The summed E-state index contributed by atoms with van der Waals surface area (Å²) in [5, 5.41) is 10.9. The number of benzene rings is 1. The number of nitro groups is 1. The van der Waals surface area contributed by atoms with Crippen molar-refractivity contribution in [2.75, 3.05) is 4.90 Å². The molecule has 1 amide bonds. The molecule has 2 aromatic rings. The number of anilines is 1. The minimum Gasteiger partial charge on any atom is -0.268 e. The molecule has 1 aliphatic heterocycles. The standard InChI is InChI=1S/C16H11N3O3S2/c1-10-4-2-5-11(17-10)8-14-15(20)18(16(23)24-14)12-6-3-7-13(9-12)19(21)22/h2-9H,1H3/b14-8-. The lowest BCUT2D eigenvalue weighted by Crippen LogP contribution is -2.27. The van der Waals surface area contributed by atoms with Gasteiger partial charge in [0.1, 0.15) is 0 Å². The van der Waals surface area contributed by atoms with E-state index in [1.165, 1.54) is 23.1 Å². The zero-order valence-electron chi connectivity index (χ0n) is 12.5. The van der Waals surface area contributed by atoms with E-state index in [9.17, 15) is 14.9 Å². The van der Waals surface area contributed by atoms with Gasteiger partial charge in [-0.3, -0.25) is 24.8 Å². The summed E-state index contributed by atoms with van der Waals surface area (Å²) in [5.74, 6) is -0.311. The van der Waals surface area contributed by atoms with Crippen LogP contribution in [0.4, 0.5) is 11.4 Å². The number of carbonyl (C=O) groups is 1. The van der Waals surface area contributed by atoms with Crippen LogP contribution in [0.5, 0.6) is 0 Å². The van der Waals surface area contributed by atoms with Gasteiger partial charge in [0, 0.05) is 17.8 Å². The topological polar surface area (TPSA) is 76.3 Å². The quantitative estimate of drug-likeness (QED) is 0.361. The summed E-state index contributed by atoms with van der Waals surface area (Å²) >= 11 is 6.42. The minimum absolute atomic E-state index is 0.0918. The van der Waals surface area contributed by atoms with Gasteiger partial charge in [-0.15, -0.1) is 0 Å². The predicted octanol–water partition coefficient (Wildman–Crippen LogP) is 3.70. The Morgan fingerprint density at radius 1 is 1.29 bits per heavy atom. The molecule has 6 nitrogen and oxygen atoms in total. The minimum atomic E-state index is -0.506. The summed E-state index contributed by atoms with van der Waals surface area (Å²) in [7, 11) is 0. The van der Waals surface area contributed by atoms with E-state index in [-0.39, 0.29) is 11.6 Å². The number of aryl methyl sites for hydroxylation is 1. The number of thiocarbonyl (C=S) groups is 1. The van der Waals surface area contributed by atoms with E-state index in [0.717, 1.165) is 17.5 Å². The fraction of sp³-hybridized carbons (Fsp3) is 0.0625. The summed E-state index contributed by atoms with van der Waals surface area (Å²) in [6.07, 6.45) is 1.67. The van der Waals surface area contributed by atoms with Crippen LogP contribution in [0.2, 0.25) is 0 Å². The first-order valence-corrected chi connectivity index (χ1v) is 8.14. The summed E-state index contributed by atoms with van der Waals surface area (Å²) < 4.78 is 0.333. The van der Waals surface area contributed by atoms with E-state index in [1.807, 2.05) is 19.1 Å². The molecule has 0 bridgehead atoms. The smallest absolute Gasteiger partial charge is 0.268 e. The second kappa shape index (κ2) is 6.50. The monoisotopic (exact) mass is 357 g/mol. The molecule has 0 spiro atoms. The van der Waals surface area contributed by atoms with Gasteiger partial charge in [-0.05, 0) is 31.2 Å². The number of pyridine rings is 1. The van der Waals surface area contributed by atoms with Crippen molar-refractivity contribution in [3.8, 4) is 0 Å². The van der Waals surface area contributed by atoms with Crippen LogP contribution in [-0.4, -0.2) is 20.1 Å². The third-order valence-corrected chi connectivity index (χ3v) is 4.58. The SMILES string of the molecule is Cc1cccc(/C=C2\SC(=S)N(c3cccc([N+](=O)[O-])c3)C2=O)n1. The maximum absolute atomic E-state index is 12.6. The summed E-state index contributed by atoms with van der Waals surface area (Å²) in [6, 6.07) is 11.4. The van der Waals surface area contributed by atoms with Crippen molar-refractivity contribution in [2.45, 2.75) is 6.92 Å². The van der Waals surface area contributed by atoms with Crippen molar-refractivity contribution in [3.05, 3.63) is 68.9 Å². The van der Waals surface area contributed by atoms with Gasteiger partial charge >= 0.3 is 0 Å². The molecule has 8 heteroatoms. The van der Waals surface area contributed by atoms with Crippen molar-refractivity contribution in [2.24, 2.45) is 0 Å². The van der Waals surface area contributed by atoms with E-state index in [1.54, 1.807) is 18.2 Å². The Hall–Kier alpha value is -2.58. The van der Waals surface area contributed by atoms with E-state index < -0.39 is 4.92 Å². The van der Waals surface area contributed by atoms with Crippen molar-refractivity contribution in [1.82, 2.24) is 4.98 Å². The number of hydrogen-bond acceptors (Lipinski definition) is 6. The van der Waals surface area contributed by atoms with Crippen LogP contribution >= 0.6 is 24.0 Å². The van der Waals surface area contributed by atoms with Crippen molar-refractivity contribution >= 4 is 51.7 Å².